The van der Waals surface area contributed by atoms with Crippen LogP contribution in [0.5, 0.6) is 0 Å². The summed E-state index contributed by atoms with van der Waals surface area (Å²) in [5.41, 5.74) is 3.05. The average molecular weight is 376 g/mol. The highest BCUT2D eigenvalue weighted by Crippen LogP contribution is 2.24. The van der Waals surface area contributed by atoms with Gasteiger partial charge in [0.2, 0.25) is 0 Å². The second-order valence-corrected chi connectivity index (χ2v) is 7.69. The number of imidazole rings is 1. The van der Waals surface area contributed by atoms with Crippen LogP contribution in [0.3, 0.4) is 0 Å². The smallest absolute Gasteiger partial charge is 0.276 e. The lowest BCUT2D eigenvalue weighted by atomic mass is 10.1. The monoisotopic (exact) mass is 376 g/mol. The van der Waals surface area contributed by atoms with Gasteiger partial charge in [0.15, 0.2) is 5.69 Å². The van der Waals surface area contributed by atoms with Crippen LogP contribution in [0.25, 0.3) is 16.1 Å². The number of hydrogen-bond donors (Lipinski definition) is 1. The van der Waals surface area contributed by atoms with Gasteiger partial charge in [-0.1, -0.05) is 19.9 Å². The predicted octanol–water partition coefficient (Wildman–Crippen LogP) is 4.91. The molecule has 1 amide bonds. The Balaban J connectivity index is 1.60. The summed E-state index contributed by atoms with van der Waals surface area (Å²) in [7, 11) is 0. The van der Waals surface area contributed by atoms with Crippen molar-refractivity contribution in [2.24, 2.45) is 5.92 Å². The maximum absolute atomic E-state index is 12.8. The van der Waals surface area contributed by atoms with Gasteiger partial charge in [0.05, 0.1) is 5.52 Å². The van der Waals surface area contributed by atoms with Crippen LogP contribution in [0, 0.1) is 5.92 Å². The highest BCUT2D eigenvalue weighted by molar-refractivity contribution is 7.13. The Bertz CT molecular complexity index is 1070. The summed E-state index contributed by atoms with van der Waals surface area (Å²) in [5.74, 6) is 1.17. The fourth-order valence-corrected chi connectivity index (χ4v) is 3.67. The van der Waals surface area contributed by atoms with Crippen molar-refractivity contribution >= 4 is 28.4 Å². The molecule has 0 spiro atoms. The Kier molecular flexibility index (Phi) is 4.73. The summed E-state index contributed by atoms with van der Waals surface area (Å²) in [6, 6.07) is 13.5. The Labute approximate surface area is 161 Å². The zero-order chi connectivity index (χ0) is 18.8. The van der Waals surface area contributed by atoms with Crippen LogP contribution < -0.4 is 5.32 Å². The van der Waals surface area contributed by atoms with Crippen LogP contribution in [-0.2, 0) is 6.42 Å². The van der Waals surface area contributed by atoms with Gasteiger partial charge in [-0.25, -0.2) is 9.97 Å². The standard InChI is InChI=1S/C21H20N4OS/c1-14(2)13-18-24-19(17-5-3-4-11-25(17)18)20(26)23-16-8-6-15(7-9-16)21-22-10-12-27-21/h3-12,14H,13H2,1-2H3,(H,23,26). The van der Waals surface area contributed by atoms with E-state index >= 15 is 0 Å². The maximum atomic E-state index is 12.8. The van der Waals surface area contributed by atoms with E-state index in [4.69, 9.17) is 0 Å². The lowest BCUT2D eigenvalue weighted by Gasteiger charge is -2.04. The van der Waals surface area contributed by atoms with Gasteiger partial charge in [-0.15, -0.1) is 11.3 Å². The number of fused-ring (bicyclic) bond motifs is 1. The Hall–Kier alpha value is -2.99. The first kappa shape index (κ1) is 17.4. The molecule has 0 aliphatic rings. The van der Waals surface area contributed by atoms with Crippen molar-refractivity contribution in [1.29, 1.82) is 0 Å². The Morgan fingerprint density at radius 2 is 2.00 bits per heavy atom. The van der Waals surface area contributed by atoms with E-state index < -0.39 is 0 Å². The second-order valence-electron chi connectivity index (χ2n) is 6.80. The van der Waals surface area contributed by atoms with E-state index in [0.717, 1.165) is 34.0 Å². The second kappa shape index (κ2) is 7.32. The zero-order valence-corrected chi connectivity index (χ0v) is 16.0. The molecular formula is C21H20N4OS. The van der Waals surface area contributed by atoms with E-state index in [1.807, 2.05) is 58.4 Å². The average Bonchev–Trinajstić information content (AvgIpc) is 3.31. The number of amides is 1. The summed E-state index contributed by atoms with van der Waals surface area (Å²) in [6.07, 6.45) is 4.56. The fraction of sp³-hybridized carbons (Fsp3) is 0.190. The molecule has 0 radical (unpaired) electrons. The van der Waals surface area contributed by atoms with Crippen LogP contribution in [-0.4, -0.2) is 20.3 Å². The summed E-state index contributed by atoms with van der Waals surface area (Å²) in [5, 5.41) is 5.87. The maximum Gasteiger partial charge on any atom is 0.276 e. The molecule has 4 aromatic rings. The molecule has 0 atom stereocenters. The number of hydrogen-bond acceptors (Lipinski definition) is 4. The van der Waals surface area contributed by atoms with Crippen molar-refractivity contribution < 1.29 is 4.79 Å². The quantitative estimate of drug-likeness (QED) is 0.538. The normalized spacial score (nSPS) is 11.2. The highest BCUT2D eigenvalue weighted by Gasteiger charge is 2.18. The molecule has 0 saturated heterocycles. The van der Waals surface area contributed by atoms with Crippen LogP contribution in [0.1, 0.15) is 30.2 Å². The van der Waals surface area contributed by atoms with Crippen LogP contribution in [0.4, 0.5) is 5.69 Å². The van der Waals surface area contributed by atoms with Gasteiger partial charge >= 0.3 is 0 Å². The minimum atomic E-state index is -0.198. The molecule has 1 N–H and O–H groups in total. The van der Waals surface area contributed by atoms with Crippen molar-refractivity contribution in [3.8, 4) is 10.6 Å². The highest BCUT2D eigenvalue weighted by atomic mass is 32.1. The molecule has 27 heavy (non-hydrogen) atoms. The molecule has 5 nitrogen and oxygen atoms in total. The number of thiazole rings is 1. The van der Waals surface area contributed by atoms with E-state index in [1.54, 1.807) is 17.5 Å². The van der Waals surface area contributed by atoms with Crippen molar-refractivity contribution in [2.45, 2.75) is 20.3 Å². The molecule has 0 aliphatic carbocycles. The van der Waals surface area contributed by atoms with Gasteiger partial charge in [-0.2, -0.15) is 0 Å². The van der Waals surface area contributed by atoms with E-state index in [2.05, 4.69) is 29.1 Å². The summed E-state index contributed by atoms with van der Waals surface area (Å²) < 4.78 is 2.00. The van der Waals surface area contributed by atoms with Crippen LogP contribution >= 0.6 is 11.3 Å². The van der Waals surface area contributed by atoms with Crippen molar-refractivity contribution in [2.75, 3.05) is 5.32 Å². The number of anilines is 1. The molecule has 0 unspecified atom stereocenters. The molecule has 3 heterocycles. The minimum Gasteiger partial charge on any atom is -0.321 e. The van der Waals surface area contributed by atoms with Crippen molar-refractivity contribution in [1.82, 2.24) is 14.4 Å². The Morgan fingerprint density at radius 1 is 1.19 bits per heavy atom. The summed E-state index contributed by atoms with van der Waals surface area (Å²) >= 11 is 1.59. The van der Waals surface area contributed by atoms with E-state index in [-0.39, 0.29) is 5.91 Å². The molecule has 1 aromatic carbocycles. The lowest BCUT2D eigenvalue weighted by Crippen LogP contribution is -2.13. The summed E-state index contributed by atoms with van der Waals surface area (Å²) in [4.78, 5) is 21.8. The van der Waals surface area contributed by atoms with E-state index in [0.29, 0.717) is 11.6 Å². The topological polar surface area (TPSA) is 59.3 Å². The molecule has 0 aliphatic heterocycles. The SMILES string of the molecule is CC(C)Cc1nc(C(=O)Nc2ccc(-c3nccs3)cc2)c2ccccn12. The fourth-order valence-electron chi connectivity index (χ4n) is 3.03. The van der Waals surface area contributed by atoms with Gasteiger partial charge in [0.1, 0.15) is 10.8 Å². The molecule has 3 aromatic heterocycles. The first-order chi connectivity index (χ1) is 13.1. The number of aromatic nitrogens is 3. The third-order valence-corrected chi connectivity index (χ3v) is 5.07. The molecular weight excluding hydrogens is 356 g/mol. The molecule has 4 rings (SSSR count). The summed E-state index contributed by atoms with van der Waals surface area (Å²) in [6.45, 7) is 4.29. The molecule has 0 fully saturated rings. The first-order valence-electron chi connectivity index (χ1n) is 8.89. The molecule has 6 heteroatoms. The lowest BCUT2D eigenvalue weighted by molar-refractivity contribution is 0.102. The molecule has 136 valence electrons. The van der Waals surface area contributed by atoms with Gasteiger partial charge in [0.25, 0.3) is 5.91 Å². The zero-order valence-electron chi connectivity index (χ0n) is 15.2. The number of rotatable bonds is 5. The van der Waals surface area contributed by atoms with E-state index in [9.17, 15) is 4.79 Å². The number of nitrogens with zero attached hydrogens (tertiary/aromatic N) is 3. The number of benzene rings is 1. The van der Waals surface area contributed by atoms with Crippen molar-refractivity contribution in [3.63, 3.8) is 0 Å². The van der Waals surface area contributed by atoms with Crippen molar-refractivity contribution in [3.05, 3.63) is 71.8 Å². The van der Waals surface area contributed by atoms with Gasteiger partial charge in [-0.3, -0.25) is 4.79 Å². The number of carbonyl (C=O) groups excluding carboxylic acids is 1. The third-order valence-electron chi connectivity index (χ3n) is 4.25. The van der Waals surface area contributed by atoms with Gasteiger partial charge in [0, 0.05) is 35.4 Å². The first-order valence-corrected chi connectivity index (χ1v) is 9.77. The largest absolute Gasteiger partial charge is 0.321 e. The number of carbonyl (C=O) groups is 1. The predicted molar refractivity (Wildman–Crippen MR) is 109 cm³/mol. The number of nitrogens with one attached hydrogen (secondary N) is 1. The molecule has 0 saturated carbocycles. The molecule has 0 bridgehead atoms. The third kappa shape index (κ3) is 3.61. The number of pyridine rings is 1. The van der Waals surface area contributed by atoms with E-state index in [1.165, 1.54) is 0 Å². The van der Waals surface area contributed by atoms with Gasteiger partial charge in [-0.05, 0) is 42.3 Å². The Morgan fingerprint density at radius 3 is 2.70 bits per heavy atom. The minimum absolute atomic E-state index is 0.198. The van der Waals surface area contributed by atoms with Gasteiger partial charge < -0.3 is 9.72 Å². The van der Waals surface area contributed by atoms with Crippen LogP contribution in [0.15, 0.2) is 60.2 Å². The van der Waals surface area contributed by atoms with Crippen LogP contribution in [0.2, 0.25) is 0 Å².